The van der Waals surface area contributed by atoms with E-state index >= 15 is 0 Å². The molecule has 0 spiro atoms. The third-order valence-corrected chi connectivity index (χ3v) is 3.72. The molecule has 0 saturated carbocycles. The van der Waals surface area contributed by atoms with E-state index in [-0.39, 0.29) is 40.3 Å². The molecule has 0 aliphatic rings. The minimum atomic E-state index is -1.19. The first kappa shape index (κ1) is 19.8. The van der Waals surface area contributed by atoms with Gasteiger partial charge in [-0.05, 0) is 0 Å². The standard InChI is InChI=1S/C17H15F2N5O5/c1-27-11-4-12(28-2)15(19)9(14(11)18)7-29-8-5-20-17(21-6-8)22-13-3-10(16(25)26)23-24-13/h3-6H,7H2,1-2H3,(H,25,26)(H2,20,21,22,23,24). The molecule has 0 unspecified atom stereocenters. The first-order valence-electron chi connectivity index (χ1n) is 8.02. The van der Waals surface area contributed by atoms with E-state index in [9.17, 15) is 13.6 Å². The molecule has 0 radical (unpaired) electrons. The maximum atomic E-state index is 14.3. The van der Waals surface area contributed by atoms with Crippen LogP contribution in [0.5, 0.6) is 17.2 Å². The van der Waals surface area contributed by atoms with E-state index < -0.39 is 24.2 Å². The molecule has 0 atom stereocenters. The van der Waals surface area contributed by atoms with Crippen LogP contribution >= 0.6 is 0 Å². The summed E-state index contributed by atoms with van der Waals surface area (Å²) in [5, 5.41) is 17.6. The van der Waals surface area contributed by atoms with Gasteiger partial charge in [-0.25, -0.2) is 23.5 Å². The molecule has 10 nitrogen and oxygen atoms in total. The largest absolute Gasteiger partial charge is 0.494 e. The smallest absolute Gasteiger partial charge is 0.356 e. The van der Waals surface area contributed by atoms with E-state index in [1.807, 2.05) is 0 Å². The fraction of sp³-hybridized carbons (Fsp3) is 0.176. The molecule has 29 heavy (non-hydrogen) atoms. The van der Waals surface area contributed by atoms with E-state index in [1.165, 1.54) is 32.7 Å². The first-order valence-corrected chi connectivity index (χ1v) is 8.02. The van der Waals surface area contributed by atoms with Gasteiger partial charge in [-0.15, -0.1) is 0 Å². The van der Waals surface area contributed by atoms with Gasteiger partial charge < -0.3 is 24.6 Å². The average molecular weight is 407 g/mol. The quantitative estimate of drug-likeness (QED) is 0.515. The van der Waals surface area contributed by atoms with Crippen LogP contribution in [0.25, 0.3) is 0 Å². The Morgan fingerprint density at radius 2 is 1.76 bits per heavy atom. The van der Waals surface area contributed by atoms with Crippen molar-refractivity contribution in [3.63, 3.8) is 0 Å². The van der Waals surface area contributed by atoms with Crippen molar-refractivity contribution in [1.29, 1.82) is 0 Å². The molecule has 0 saturated heterocycles. The van der Waals surface area contributed by atoms with E-state index in [0.717, 1.165) is 6.07 Å². The van der Waals surface area contributed by atoms with Gasteiger partial charge in [0.2, 0.25) is 5.95 Å². The number of methoxy groups -OCH3 is 2. The molecule has 0 aliphatic carbocycles. The molecule has 3 aromatic rings. The Bertz CT molecular complexity index is 998. The molecule has 0 fully saturated rings. The van der Waals surface area contributed by atoms with E-state index in [4.69, 9.17) is 19.3 Å². The number of ether oxygens (including phenoxy) is 3. The fourth-order valence-electron chi connectivity index (χ4n) is 2.29. The van der Waals surface area contributed by atoms with E-state index in [1.54, 1.807) is 0 Å². The number of halogens is 2. The Morgan fingerprint density at radius 1 is 1.14 bits per heavy atom. The molecular formula is C17H15F2N5O5. The highest BCUT2D eigenvalue weighted by Gasteiger charge is 2.20. The van der Waals surface area contributed by atoms with Gasteiger partial charge in [0, 0.05) is 12.1 Å². The number of hydrogen-bond acceptors (Lipinski definition) is 8. The highest BCUT2D eigenvalue weighted by molar-refractivity contribution is 5.86. The van der Waals surface area contributed by atoms with Gasteiger partial charge >= 0.3 is 5.97 Å². The number of aromatic amines is 1. The lowest BCUT2D eigenvalue weighted by Gasteiger charge is -2.13. The van der Waals surface area contributed by atoms with Crippen LogP contribution in [0.1, 0.15) is 16.1 Å². The van der Waals surface area contributed by atoms with Crippen molar-refractivity contribution < 1.29 is 32.9 Å². The van der Waals surface area contributed by atoms with Crippen molar-refractivity contribution in [3.8, 4) is 17.2 Å². The Hall–Kier alpha value is -3.96. The number of carboxylic acid groups (broad SMARTS) is 1. The van der Waals surface area contributed by atoms with Crippen LogP contribution in [0.15, 0.2) is 24.5 Å². The number of carbonyl (C=O) groups is 1. The molecule has 2 heterocycles. The molecule has 2 aromatic heterocycles. The van der Waals surface area contributed by atoms with Crippen LogP contribution in [0.3, 0.4) is 0 Å². The van der Waals surface area contributed by atoms with E-state index in [0.29, 0.717) is 0 Å². The maximum Gasteiger partial charge on any atom is 0.356 e. The molecule has 12 heteroatoms. The highest BCUT2D eigenvalue weighted by atomic mass is 19.1. The summed E-state index contributed by atoms with van der Waals surface area (Å²) < 4.78 is 43.7. The summed E-state index contributed by atoms with van der Waals surface area (Å²) in [6.45, 7) is -0.454. The molecule has 0 bridgehead atoms. The summed E-state index contributed by atoms with van der Waals surface area (Å²) >= 11 is 0. The topological polar surface area (TPSA) is 131 Å². The van der Waals surface area contributed by atoms with Crippen LogP contribution in [0.2, 0.25) is 0 Å². The number of aromatic nitrogens is 4. The predicted molar refractivity (Wildman–Crippen MR) is 94.7 cm³/mol. The van der Waals surface area contributed by atoms with Gasteiger partial charge in [-0.1, -0.05) is 0 Å². The van der Waals surface area contributed by atoms with Gasteiger partial charge in [-0.2, -0.15) is 5.10 Å². The third-order valence-electron chi connectivity index (χ3n) is 3.72. The number of rotatable bonds is 8. The monoisotopic (exact) mass is 407 g/mol. The van der Waals surface area contributed by atoms with Crippen LogP contribution in [-0.2, 0) is 6.61 Å². The highest BCUT2D eigenvalue weighted by Crippen LogP contribution is 2.31. The number of nitrogens with one attached hydrogen (secondary N) is 2. The molecule has 3 N–H and O–H groups in total. The van der Waals surface area contributed by atoms with Crippen LogP contribution < -0.4 is 19.5 Å². The predicted octanol–water partition coefficient (Wildman–Crippen LogP) is 2.52. The van der Waals surface area contributed by atoms with Crippen molar-refractivity contribution >= 4 is 17.7 Å². The second kappa shape index (κ2) is 8.37. The summed E-state index contributed by atoms with van der Waals surface area (Å²) in [6, 6.07) is 2.36. The first-order chi connectivity index (χ1) is 13.9. The zero-order valence-electron chi connectivity index (χ0n) is 15.2. The lowest BCUT2D eigenvalue weighted by atomic mass is 10.1. The van der Waals surface area contributed by atoms with Crippen LogP contribution in [-0.4, -0.2) is 45.5 Å². The number of benzene rings is 1. The second-order valence-corrected chi connectivity index (χ2v) is 5.52. The van der Waals surface area contributed by atoms with Crippen LogP contribution in [0, 0.1) is 11.6 Å². The minimum absolute atomic E-state index is 0.123. The summed E-state index contributed by atoms with van der Waals surface area (Å²) in [5.41, 5.74) is -0.549. The molecule has 0 aliphatic heterocycles. The number of anilines is 2. The Balaban J connectivity index is 1.70. The normalized spacial score (nSPS) is 10.5. The SMILES string of the molecule is COc1cc(OC)c(F)c(COc2cnc(Nc3cc(C(=O)O)n[nH]3)nc2)c1F. The zero-order chi connectivity index (χ0) is 21.0. The van der Waals surface area contributed by atoms with Gasteiger partial charge in [0.05, 0.1) is 32.2 Å². The number of carboxylic acids is 1. The molecule has 1 aromatic carbocycles. The third kappa shape index (κ3) is 4.31. The van der Waals surface area contributed by atoms with Crippen molar-refractivity contribution in [3.05, 3.63) is 47.4 Å². The van der Waals surface area contributed by atoms with Crippen molar-refractivity contribution in [2.75, 3.05) is 19.5 Å². The van der Waals surface area contributed by atoms with Crippen LogP contribution in [0.4, 0.5) is 20.5 Å². The maximum absolute atomic E-state index is 14.3. The number of hydrogen-bond donors (Lipinski definition) is 3. The van der Waals surface area contributed by atoms with E-state index in [2.05, 4.69) is 25.5 Å². The Morgan fingerprint density at radius 3 is 2.28 bits per heavy atom. The number of H-pyrrole nitrogens is 1. The molecule has 0 amide bonds. The lowest BCUT2D eigenvalue weighted by Crippen LogP contribution is -2.06. The molecular weight excluding hydrogens is 392 g/mol. The summed E-state index contributed by atoms with van der Waals surface area (Å²) in [6.07, 6.45) is 2.55. The Kier molecular flexibility index (Phi) is 5.71. The van der Waals surface area contributed by atoms with Gasteiger partial charge in [0.15, 0.2) is 34.6 Å². The van der Waals surface area contributed by atoms with Gasteiger partial charge in [0.1, 0.15) is 12.4 Å². The van der Waals surface area contributed by atoms with Gasteiger partial charge in [-0.3, -0.25) is 5.10 Å². The number of aromatic carboxylic acids is 1. The minimum Gasteiger partial charge on any atom is -0.494 e. The summed E-state index contributed by atoms with van der Waals surface area (Å²) in [7, 11) is 2.50. The number of nitrogens with zero attached hydrogens (tertiary/aromatic N) is 3. The lowest BCUT2D eigenvalue weighted by molar-refractivity contribution is 0.0690. The Labute approximate surface area is 162 Å². The van der Waals surface area contributed by atoms with Gasteiger partial charge in [0.25, 0.3) is 0 Å². The van der Waals surface area contributed by atoms with Crippen molar-refractivity contribution in [2.24, 2.45) is 0 Å². The second-order valence-electron chi connectivity index (χ2n) is 5.52. The average Bonchev–Trinajstić information content (AvgIpc) is 3.18. The fourth-order valence-corrected chi connectivity index (χ4v) is 2.29. The van der Waals surface area contributed by atoms with Crippen molar-refractivity contribution in [2.45, 2.75) is 6.61 Å². The molecule has 3 rings (SSSR count). The molecule has 152 valence electrons. The summed E-state index contributed by atoms with van der Waals surface area (Å²) in [4.78, 5) is 18.7. The summed E-state index contributed by atoms with van der Waals surface area (Å²) in [5.74, 6) is -2.82. The van der Waals surface area contributed by atoms with Crippen molar-refractivity contribution in [1.82, 2.24) is 20.2 Å². The zero-order valence-corrected chi connectivity index (χ0v) is 15.2.